The Labute approximate surface area is 106 Å². The normalized spacial score (nSPS) is 13.3. The zero-order chi connectivity index (χ0) is 13.3. The lowest BCUT2D eigenvalue weighted by molar-refractivity contribution is -0.135. The molecule has 0 spiro atoms. The van der Waals surface area contributed by atoms with Gasteiger partial charge in [-0.25, -0.2) is 0 Å². The molecule has 1 aromatic carbocycles. The van der Waals surface area contributed by atoms with Gasteiger partial charge in [0.05, 0.1) is 0 Å². The number of hydrogen-bond donors (Lipinski definition) is 1. The van der Waals surface area contributed by atoms with Crippen LogP contribution in [0.25, 0.3) is 0 Å². The van der Waals surface area contributed by atoms with E-state index >= 15 is 0 Å². The van der Waals surface area contributed by atoms with E-state index < -0.39 is 5.97 Å². The van der Waals surface area contributed by atoms with Gasteiger partial charge in [0.1, 0.15) is 6.54 Å². The number of fused-ring (bicyclic) bond motifs is 1. The predicted octanol–water partition coefficient (Wildman–Crippen LogP) is 1.12. The van der Waals surface area contributed by atoms with Crippen LogP contribution in [0.15, 0.2) is 18.2 Å². The maximum Gasteiger partial charge on any atom is 0.323 e. The van der Waals surface area contributed by atoms with Crippen LogP contribution >= 0.6 is 0 Å². The van der Waals surface area contributed by atoms with Gasteiger partial charge in [0.25, 0.3) is 0 Å². The van der Waals surface area contributed by atoms with Gasteiger partial charge in [0, 0.05) is 31.9 Å². The average molecular weight is 248 g/mol. The van der Waals surface area contributed by atoms with Gasteiger partial charge in [-0.1, -0.05) is 0 Å². The summed E-state index contributed by atoms with van der Waals surface area (Å²) in [7, 11) is 1.74. The Morgan fingerprint density at radius 3 is 2.78 bits per heavy atom. The topological polar surface area (TPSA) is 60.9 Å². The predicted molar refractivity (Wildman–Crippen MR) is 69.1 cm³/mol. The molecule has 0 saturated carbocycles. The van der Waals surface area contributed by atoms with E-state index in [0.29, 0.717) is 6.54 Å². The summed E-state index contributed by atoms with van der Waals surface area (Å²) in [4.78, 5) is 25.5. The van der Waals surface area contributed by atoms with Crippen molar-refractivity contribution in [2.75, 3.05) is 29.9 Å². The molecule has 5 heteroatoms. The van der Waals surface area contributed by atoms with Crippen LogP contribution in [0.1, 0.15) is 12.5 Å². The van der Waals surface area contributed by atoms with Crippen LogP contribution in [0, 0.1) is 0 Å². The molecule has 0 radical (unpaired) electrons. The second-order valence-electron chi connectivity index (χ2n) is 4.48. The monoisotopic (exact) mass is 248 g/mol. The number of carboxylic acids is 1. The first kappa shape index (κ1) is 12.4. The number of carbonyl (C=O) groups is 2. The van der Waals surface area contributed by atoms with E-state index in [-0.39, 0.29) is 12.5 Å². The van der Waals surface area contributed by atoms with Crippen molar-refractivity contribution in [2.24, 2.45) is 0 Å². The van der Waals surface area contributed by atoms with E-state index in [4.69, 9.17) is 5.11 Å². The van der Waals surface area contributed by atoms with Crippen LogP contribution in [-0.4, -0.2) is 37.1 Å². The largest absolute Gasteiger partial charge is 0.480 e. The first-order valence-electron chi connectivity index (χ1n) is 5.83. The molecule has 1 aliphatic rings. The summed E-state index contributed by atoms with van der Waals surface area (Å²) in [5.41, 5.74) is 2.90. The molecule has 96 valence electrons. The Hall–Kier alpha value is -2.04. The first-order chi connectivity index (χ1) is 8.49. The standard InChI is InChI=1S/C13H16N2O3/c1-9(16)15-6-5-10-7-11(3-4-12(10)15)14(2)8-13(17)18/h3-4,7H,5-6,8H2,1-2H3,(H,17,18). The Balaban J connectivity index is 2.24. The van der Waals surface area contributed by atoms with E-state index in [1.807, 2.05) is 18.2 Å². The lowest BCUT2D eigenvalue weighted by Gasteiger charge is -2.19. The van der Waals surface area contributed by atoms with E-state index in [9.17, 15) is 9.59 Å². The fourth-order valence-electron chi connectivity index (χ4n) is 2.25. The molecule has 0 atom stereocenters. The number of amides is 1. The number of carboxylic acid groups (broad SMARTS) is 1. The highest BCUT2D eigenvalue weighted by Gasteiger charge is 2.22. The molecule has 0 fully saturated rings. The number of carbonyl (C=O) groups excluding carboxylic acids is 1. The smallest absolute Gasteiger partial charge is 0.323 e. The number of benzene rings is 1. The van der Waals surface area contributed by atoms with Crippen LogP contribution in [0.2, 0.25) is 0 Å². The van der Waals surface area contributed by atoms with Crippen LogP contribution in [0.3, 0.4) is 0 Å². The van der Waals surface area contributed by atoms with Crippen molar-refractivity contribution in [1.82, 2.24) is 0 Å². The van der Waals surface area contributed by atoms with Crippen LogP contribution in [0.5, 0.6) is 0 Å². The van der Waals surface area contributed by atoms with Gasteiger partial charge in [-0.05, 0) is 30.2 Å². The molecule has 5 nitrogen and oxygen atoms in total. The quantitative estimate of drug-likeness (QED) is 0.870. The SMILES string of the molecule is CC(=O)N1CCc2cc(N(C)CC(=O)O)ccc21. The van der Waals surface area contributed by atoms with Gasteiger partial charge in [-0.2, -0.15) is 0 Å². The van der Waals surface area contributed by atoms with Crippen LogP contribution in [0.4, 0.5) is 11.4 Å². The summed E-state index contributed by atoms with van der Waals surface area (Å²) in [6, 6.07) is 5.70. The molecule has 1 N–H and O–H groups in total. The Kier molecular flexibility index (Phi) is 3.23. The summed E-state index contributed by atoms with van der Waals surface area (Å²) < 4.78 is 0. The van der Waals surface area contributed by atoms with Gasteiger partial charge in [0.2, 0.25) is 5.91 Å². The van der Waals surface area contributed by atoms with Gasteiger partial charge in [-0.3, -0.25) is 9.59 Å². The summed E-state index contributed by atoms with van der Waals surface area (Å²) in [5, 5.41) is 8.76. The number of rotatable bonds is 3. The van der Waals surface area contributed by atoms with Gasteiger partial charge in [0.15, 0.2) is 0 Å². The molecular formula is C13H16N2O3. The average Bonchev–Trinajstić information content (AvgIpc) is 2.70. The molecule has 1 aliphatic heterocycles. The molecular weight excluding hydrogens is 232 g/mol. The molecule has 1 amide bonds. The third-order valence-electron chi connectivity index (χ3n) is 3.15. The third kappa shape index (κ3) is 2.30. The fourth-order valence-corrected chi connectivity index (χ4v) is 2.25. The molecule has 0 aliphatic carbocycles. The van der Waals surface area contributed by atoms with Crippen molar-refractivity contribution in [1.29, 1.82) is 0 Å². The fraction of sp³-hybridized carbons (Fsp3) is 0.385. The minimum absolute atomic E-state index is 0.0325. The van der Waals surface area contributed by atoms with Crippen molar-refractivity contribution in [2.45, 2.75) is 13.3 Å². The van der Waals surface area contributed by atoms with Crippen LogP contribution in [-0.2, 0) is 16.0 Å². The molecule has 0 saturated heterocycles. The summed E-state index contributed by atoms with van der Waals surface area (Å²) in [6.07, 6.45) is 0.823. The van der Waals surface area contributed by atoms with Crippen molar-refractivity contribution < 1.29 is 14.7 Å². The molecule has 0 bridgehead atoms. The lowest BCUT2D eigenvalue weighted by atomic mass is 10.1. The first-order valence-corrected chi connectivity index (χ1v) is 5.83. The summed E-state index contributed by atoms with van der Waals surface area (Å²) in [5.74, 6) is -0.816. The summed E-state index contributed by atoms with van der Waals surface area (Å²) >= 11 is 0. The van der Waals surface area contributed by atoms with E-state index in [1.54, 1.807) is 23.8 Å². The van der Waals surface area contributed by atoms with E-state index in [2.05, 4.69) is 0 Å². The number of anilines is 2. The maximum absolute atomic E-state index is 11.4. The Morgan fingerprint density at radius 2 is 2.17 bits per heavy atom. The maximum atomic E-state index is 11.4. The molecule has 1 aromatic rings. The van der Waals surface area contributed by atoms with E-state index in [1.165, 1.54) is 0 Å². The number of likely N-dealkylation sites (N-methyl/N-ethyl adjacent to an activating group) is 1. The van der Waals surface area contributed by atoms with Crippen molar-refractivity contribution in [3.05, 3.63) is 23.8 Å². The lowest BCUT2D eigenvalue weighted by Crippen LogP contribution is -2.26. The molecule has 0 aromatic heterocycles. The highest BCUT2D eigenvalue weighted by Crippen LogP contribution is 2.31. The highest BCUT2D eigenvalue weighted by molar-refractivity contribution is 5.94. The summed E-state index contributed by atoms with van der Waals surface area (Å²) in [6.45, 7) is 2.23. The van der Waals surface area contributed by atoms with Gasteiger partial charge in [-0.15, -0.1) is 0 Å². The second-order valence-corrected chi connectivity index (χ2v) is 4.48. The number of aliphatic carboxylic acids is 1. The zero-order valence-electron chi connectivity index (χ0n) is 10.5. The Morgan fingerprint density at radius 1 is 1.44 bits per heavy atom. The molecule has 2 rings (SSSR count). The zero-order valence-corrected chi connectivity index (χ0v) is 10.5. The van der Waals surface area contributed by atoms with Gasteiger partial charge < -0.3 is 14.9 Å². The number of hydrogen-bond acceptors (Lipinski definition) is 3. The van der Waals surface area contributed by atoms with Crippen molar-refractivity contribution in [3.63, 3.8) is 0 Å². The van der Waals surface area contributed by atoms with Crippen LogP contribution < -0.4 is 9.80 Å². The highest BCUT2D eigenvalue weighted by atomic mass is 16.4. The molecule has 1 heterocycles. The molecule has 18 heavy (non-hydrogen) atoms. The molecule has 0 unspecified atom stereocenters. The second kappa shape index (κ2) is 4.68. The third-order valence-corrected chi connectivity index (χ3v) is 3.15. The van der Waals surface area contributed by atoms with Gasteiger partial charge >= 0.3 is 5.97 Å². The Bertz CT molecular complexity index is 499. The van der Waals surface area contributed by atoms with Crippen molar-refractivity contribution >= 4 is 23.3 Å². The van der Waals surface area contributed by atoms with Crippen molar-refractivity contribution in [3.8, 4) is 0 Å². The minimum Gasteiger partial charge on any atom is -0.480 e. The minimum atomic E-state index is -0.858. The number of nitrogens with zero attached hydrogens (tertiary/aromatic N) is 2. The van der Waals surface area contributed by atoms with E-state index in [0.717, 1.165) is 23.4 Å².